The van der Waals surface area contributed by atoms with E-state index in [2.05, 4.69) is 34.6 Å². The predicted molar refractivity (Wildman–Crippen MR) is 95.8 cm³/mol. The van der Waals surface area contributed by atoms with Crippen LogP contribution in [0.1, 0.15) is 42.6 Å². The Kier molecular flexibility index (Phi) is 5.99. The van der Waals surface area contributed by atoms with Gasteiger partial charge in [-0.15, -0.1) is 0 Å². The number of amides is 1. The van der Waals surface area contributed by atoms with Gasteiger partial charge in [0.05, 0.1) is 18.9 Å². The molecule has 0 bridgehead atoms. The van der Waals surface area contributed by atoms with Gasteiger partial charge in [-0.3, -0.25) is 4.79 Å². The highest BCUT2D eigenvalue weighted by atomic mass is 16.7. The van der Waals surface area contributed by atoms with Gasteiger partial charge in [-0.1, -0.05) is 19.9 Å². The Morgan fingerprint density at radius 3 is 2.68 bits per heavy atom. The molecule has 0 spiro atoms. The van der Waals surface area contributed by atoms with E-state index in [9.17, 15) is 4.79 Å². The van der Waals surface area contributed by atoms with Crippen LogP contribution >= 0.6 is 0 Å². The Morgan fingerprint density at radius 1 is 1.32 bits per heavy atom. The van der Waals surface area contributed by atoms with Crippen LogP contribution in [-0.4, -0.2) is 29.5 Å². The average Bonchev–Trinajstić information content (AvgIpc) is 2.60. The first-order valence-electron chi connectivity index (χ1n) is 7.97. The number of hydrogen-bond acceptors (Lipinski definition) is 7. The summed E-state index contributed by atoms with van der Waals surface area (Å²) in [5, 5.41) is 2.93. The average molecular weight is 345 g/mol. The predicted octanol–water partition coefficient (Wildman–Crippen LogP) is 2.35. The van der Waals surface area contributed by atoms with Gasteiger partial charge in [0.15, 0.2) is 5.82 Å². The highest BCUT2D eigenvalue weighted by Crippen LogP contribution is 2.25. The van der Waals surface area contributed by atoms with Crippen LogP contribution in [0, 0.1) is 0 Å². The highest BCUT2D eigenvalue weighted by molar-refractivity contribution is 5.96. The number of nitrogens with two attached hydrogens (primary N) is 1. The number of hydroxylamine groups is 1. The van der Waals surface area contributed by atoms with Gasteiger partial charge in [0.1, 0.15) is 5.75 Å². The zero-order chi connectivity index (χ0) is 18.4. The first kappa shape index (κ1) is 18.3. The van der Waals surface area contributed by atoms with Crippen molar-refractivity contribution in [3.63, 3.8) is 0 Å². The third-order valence-corrected chi connectivity index (χ3v) is 3.51. The molecule has 0 radical (unpaired) electrons. The van der Waals surface area contributed by atoms with Crippen LogP contribution in [0.25, 0.3) is 0 Å². The van der Waals surface area contributed by atoms with Gasteiger partial charge in [0.25, 0.3) is 5.91 Å². The van der Waals surface area contributed by atoms with E-state index in [1.54, 1.807) is 6.07 Å². The molecule has 1 aromatic carbocycles. The second kappa shape index (κ2) is 8.18. The van der Waals surface area contributed by atoms with E-state index in [0.29, 0.717) is 29.7 Å². The van der Waals surface area contributed by atoms with Crippen LogP contribution in [0.2, 0.25) is 0 Å². The molecule has 2 rings (SSSR count). The Morgan fingerprint density at radius 2 is 2.08 bits per heavy atom. The van der Waals surface area contributed by atoms with Crippen molar-refractivity contribution >= 4 is 17.7 Å². The maximum atomic E-state index is 12.3. The van der Waals surface area contributed by atoms with Gasteiger partial charge in [-0.25, -0.2) is 4.98 Å². The molecule has 8 heteroatoms. The van der Waals surface area contributed by atoms with Crippen molar-refractivity contribution in [1.29, 1.82) is 0 Å². The Balaban J connectivity index is 2.10. The van der Waals surface area contributed by atoms with E-state index in [4.69, 9.17) is 15.3 Å². The number of ether oxygens (including phenoxy) is 1. The lowest BCUT2D eigenvalue weighted by molar-refractivity contribution is 0.0757. The number of nitrogens with zero attached hydrogens (tertiary/aromatic N) is 2. The number of methoxy groups -OCH3 is 1. The minimum Gasteiger partial charge on any atom is -0.496 e. The number of anilines is 2. The SMILES string of the molecule is CCNc1ncc(ONC(=O)c2ccc(C(C)C)cc2OC)c(N)n1. The third kappa shape index (κ3) is 4.50. The Labute approximate surface area is 146 Å². The summed E-state index contributed by atoms with van der Waals surface area (Å²) in [7, 11) is 1.52. The molecular weight excluding hydrogens is 322 g/mol. The lowest BCUT2D eigenvalue weighted by Crippen LogP contribution is -2.28. The zero-order valence-corrected chi connectivity index (χ0v) is 14.8. The number of benzene rings is 1. The molecule has 0 unspecified atom stereocenters. The van der Waals surface area contributed by atoms with Gasteiger partial charge in [-0.2, -0.15) is 10.5 Å². The summed E-state index contributed by atoms with van der Waals surface area (Å²) in [4.78, 5) is 25.7. The van der Waals surface area contributed by atoms with E-state index in [1.807, 2.05) is 19.1 Å². The van der Waals surface area contributed by atoms with Crippen molar-refractivity contribution in [1.82, 2.24) is 15.4 Å². The van der Waals surface area contributed by atoms with Gasteiger partial charge in [0.2, 0.25) is 11.7 Å². The Bertz CT molecular complexity index is 749. The van der Waals surface area contributed by atoms with Crippen molar-refractivity contribution in [2.45, 2.75) is 26.7 Å². The molecule has 0 aliphatic carbocycles. The van der Waals surface area contributed by atoms with Crippen LogP contribution < -0.4 is 26.1 Å². The number of aromatic nitrogens is 2. The fourth-order valence-electron chi connectivity index (χ4n) is 2.12. The zero-order valence-electron chi connectivity index (χ0n) is 14.8. The number of carbonyl (C=O) groups excluding carboxylic acids is 1. The summed E-state index contributed by atoms with van der Waals surface area (Å²) in [5.74, 6) is 1.02. The molecule has 1 amide bonds. The van der Waals surface area contributed by atoms with Crippen molar-refractivity contribution < 1.29 is 14.4 Å². The second-order valence-corrected chi connectivity index (χ2v) is 5.62. The summed E-state index contributed by atoms with van der Waals surface area (Å²) < 4.78 is 5.30. The summed E-state index contributed by atoms with van der Waals surface area (Å²) in [6.45, 7) is 6.72. The monoisotopic (exact) mass is 345 g/mol. The summed E-state index contributed by atoms with van der Waals surface area (Å²) in [6.07, 6.45) is 1.39. The molecule has 0 saturated heterocycles. The second-order valence-electron chi connectivity index (χ2n) is 5.62. The third-order valence-electron chi connectivity index (χ3n) is 3.51. The molecule has 1 heterocycles. The molecule has 0 aliphatic heterocycles. The topological polar surface area (TPSA) is 111 Å². The number of hydrogen-bond donors (Lipinski definition) is 3. The first-order valence-corrected chi connectivity index (χ1v) is 7.97. The minimum atomic E-state index is -0.456. The maximum Gasteiger partial charge on any atom is 0.287 e. The van der Waals surface area contributed by atoms with Crippen LogP contribution in [-0.2, 0) is 0 Å². The molecule has 25 heavy (non-hydrogen) atoms. The van der Waals surface area contributed by atoms with Gasteiger partial charge >= 0.3 is 0 Å². The number of nitrogen functional groups attached to an aromatic ring is 1. The molecule has 0 saturated carbocycles. The van der Waals surface area contributed by atoms with Crippen molar-refractivity contribution in [2.75, 3.05) is 24.7 Å². The van der Waals surface area contributed by atoms with Gasteiger partial charge in [-0.05, 0) is 30.5 Å². The van der Waals surface area contributed by atoms with Crippen LogP contribution in [0.5, 0.6) is 11.5 Å². The standard InChI is InChI=1S/C17H23N5O3/c1-5-19-17-20-9-14(15(18)21-17)25-22-16(23)12-7-6-11(10(2)3)8-13(12)24-4/h6-10H,5H2,1-4H3,(H,22,23)(H3,18,19,20,21). The summed E-state index contributed by atoms with van der Waals surface area (Å²) in [6, 6.07) is 5.41. The van der Waals surface area contributed by atoms with Crippen LogP contribution in [0.4, 0.5) is 11.8 Å². The van der Waals surface area contributed by atoms with E-state index in [-0.39, 0.29) is 11.6 Å². The fourth-order valence-corrected chi connectivity index (χ4v) is 2.12. The maximum absolute atomic E-state index is 12.3. The molecule has 1 aromatic heterocycles. The van der Waals surface area contributed by atoms with E-state index >= 15 is 0 Å². The van der Waals surface area contributed by atoms with Gasteiger partial charge < -0.3 is 20.6 Å². The smallest absolute Gasteiger partial charge is 0.287 e. The minimum absolute atomic E-state index is 0.119. The molecule has 2 aromatic rings. The van der Waals surface area contributed by atoms with E-state index < -0.39 is 5.91 Å². The molecule has 0 aliphatic rings. The van der Waals surface area contributed by atoms with E-state index in [1.165, 1.54) is 13.3 Å². The summed E-state index contributed by atoms with van der Waals surface area (Å²) in [5.41, 5.74) is 9.56. The normalized spacial score (nSPS) is 10.4. The highest BCUT2D eigenvalue weighted by Gasteiger charge is 2.15. The lowest BCUT2D eigenvalue weighted by atomic mass is 10.0. The molecule has 0 atom stereocenters. The molecule has 134 valence electrons. The number of nitrogens with one attached hydrogen (secondary N) is 2. The van der Waals surface area contributed by atoms with E-state index in [0.717, 1.165) is 5.56 Å². The van der Waals surface area contributed by atoms with Crippen molar-refractivity contribution in [3.8, 4) is 11.5 Å². The van der Waals surface area contributed by atoms with Gasteiger partial charge in [0, 0.05) is 6.54 Å². The van der Waals surface area contributed by atoms with Crippen LogP contribution in [0.3, 0.4) is 0 Å². The van der Waals surface area contributed by atoms with Crippen LogP contribution in [0.15, 0.2) is 24.4 Å². The Hall–Kier alpha value is -3.03. The fraction of sp³-hybridized carbons (Fsp3) is 0.353. The summed E-state index contributed by atoms with van der Waals surface area (Å²) >= 11 is 0. The molecular formula is C17H23N5O3. The molecule has 0 fully saturated rings. The lowest BCUT2D eigenvalue weighted by Gasteiger charge is -2.13. The van der Waals surface area contributed by atoms with Crippen molar-refractivity contribution in [2.24, 2.45) is 0 Å². The number of carbonyl (C=O) groups is 1. The molecule has 4 N–H and O–H groups in total. The molecule has 8 nitrogen and oxygen atoms in total. The van der Waals surface area contributed by atoms with Crippen molar-refractivity contribution in [3.05, 3.63) is 35.5 Å². The largest absolute Gasteiger partial charge is 0.496 e. The quantitative estimate of drug-likeness (QED) is 0.660. The first-order chi connectivity index (χ1) is 12.0. The number of rotatable bonds is 7.